The van der Waals surface area contributed by atoms with Gasteiger partial charge in [-0.3, -0.25) is 0 Å². The molecule has 0 radical (unpaired) electrons. The molecule has 5 heteroatoms. The summed E-state index contributed by atoms with van der Waals surface area (Å²) in [6.45, 7) is 7.96. The van der Waals surface area contributed by atoms with Gasteiger partial charge in [-0.25, -0.2) is 0 Å². The van der Waals surface area contributed by atoms with Crippen LogP contribution in [0, 0.1) is 0 Å². The summed E-state index contributed by atoms with van der Waals surface area (Å²) in [5.74, 6) is 0. The first kappa shape index (κ1) is 15.4. The van der Waals surface area contributed by atoms with E-state index < -0.39 is 8.32 Å². The van der Waals surface area contributed by atoms with Crippen LogP contribution in [0.3, 0.4) is 0 Å². The zero-order valence-corrected chi connectivity index (χ0v) is 15.5. The Balaban J connectivity index is 2.14. The minimum atomic E-state index is -1.70. The molecule has 2 aromatic rings. The van der Waals surface area contributed by atoms with Gasteiger partial charge in [0.15, 0.2) is 8.32 Å². The van der Waals surface area contributed by atoms with Crippen molar-refractivity contribution in [1.29, 1.82) is 0 Å². The summed E-state index contributed by atoms with van der Waals surface area (Å²) in [5.41, 5.74) is -0.302. The molecule has 0 amide bonds. The van der Waals surface area contributed by atoms with Crippen LogP contribution in [0.25, 0.3) is 0 Å². The maximum Gasteiger partial charge on any atom is 0.185 e. The molecule has 2 aromatic heterocycles. The van der Waals surface area contributed by atoms with Gasteiger partial charge in [0, 0.05) is 15.8 Å². The average molecular weight is 338 g/mol. The Kier molecular flexibility index (Phi) is 4.39. The lowest BCUT2D eigenvalue weighted by atomic mass is 9.89. The molecule has 114 valence electrons. The molecule has 0 spiro atoms. The van der Waals surface area contributed by atoms with Crippen molar-refractivity contribution in [1.82, 2.24) is 5.32 Å². The van der Waals surface area contributed by atoms with Crippen LogP contribution < -0.4 is 5.32 Å². The van der Waals surface area contributed by atoms with Gasteiger partial charge in [-0.15, -0.1) is 22.7 Å². The quantitative estimate of drug-likeness (QED) is 0.801. The zero-order valence-electron chi connectivity index (χ0n) is 12.9. The molecule has 1 saturated heterocycles. The fraction of sp³-hybridized carbons (Fsp3) is 0.500. The van der Waals surface area contributed by atoms with Gasteiger partial charge in [0.1, 0.15) is 5.60 Å². The molecule has 21 heavy (non-hydrogen) atoms. The summed E-state index contributed by atoms with van der Waals surface area (Å²) in [7, 11) is -1.70. The Bertz CT molecular complexity index is 519. The Morgan fingerprint density at radius 2 is 1.76 bits per heavy atom. The number of rotatable bonds is 5. The van der Waals surface area contributed by atoms with Crippen molar-refractivity contribution >= 4 is 31.0 Å². The maximum atomic E-state index is 6.90. The van der Waals surface area contributed by atoms with Gasteiger partial charge in [0.05, 0.1) is 0 Å². The summed E-state index contributed by atoms with van der Waals surface area (Å²) in [6, 6.07) is 9.15. The lowest BCUT2D eigenvalue weighted by Crippen LogP contribution is -2.52. The minimum Gasteiger partial charge on any atom is -0.401 e. The Labute approximate surface area is 136 Å². The van der Waals surface area contributed by atoms with Gasteiger partial charge in [-0.2, -0.15) is 0 Å². The number of hydrogen-bond acceptors (Lipinski definition) is 4. The van der Waals surface area contributed by atoms with Gasteiger partial charge in [0.2, 0.25) is 0 Å². The van der Waals surface area contributed by atoms with Crippen molar-refractivity contribution in [3.05, 3.63) is 44.8 Å². The molecule has 0 aromatic carbocycles. The Hall–Kier alpha value is -0.463. The predicted octanol–water partition coefficient (Wildman–Crippen LogP) is 4.66. The van der Waals surface area contributed by atoms with E-state index in [1.165, 1.54) is 22.6 Å². The highest BCUT2D eigenvalue weighted by atomic mass is 32.1. The van der Waals surface area contributed by atoms with Crippen LogP contribution in [-0.4, -0.2) is 20.9 Å². The van der Waals surface area contributed by atoms with E-state index in [0.29, 0.717) is 6.04 Å². The second-order valence-corrected chi connectivity index (χ2v) is 12.9. The van der Waals surface area contributed by atoms with E-state index in [0.717, 1.165) is 6.54 Å². The van der Waals surface area contributed by atoms with Crippen LogP contribution in [0.4, 0.5) is 0 Å². The van der Waals surface area contributed by atoms with Crippen molar-refractivity contribution < 1.29 is 4.43 Å². The van der Waals surface area contributed by atoms with Crippen LogP contribution in [0.15, 0.2) is 35.0 Å². The first-order valence-corrected chi connectivity index (χ1v) is 12.7. The third kappa shape index (κ3) is 3.03. The summed E-state index contributed by atoms with van der Waals surface area (Å²) < 4.78 is 6.90. The standard InChI is InChI=1S/C16H23NOS2Si/c1-21(2,3)18-16(13-7-4-10-17-13,14-8-5-11-19-14)15-9-6-12-20-15/h5-6,8-9,11-13,17H,4,7,10H2,1-3H3/t13-/m0/s1. The van der Waals surface area contributed by atoms with Crippen LogP contribution in [0.5, 0.6) is 0 Å². The zero-order chi connectivity index (χ0) is 14.9. The second-order valence-electron chi connectivity index (χ2n) is 6.55. The highest BCUT2D eigenvalue weighted by molar-refractivity contribution is 7.11. The van der Waals surface area contributed by atoms with E-state index >= 15 is 0 Å². The van der Waals surface area contributed by atoms with Crippen LogP contribution >= 0.6 is 22.7 Å². The predicted molar refractivity (Wildman–Crippen MR) is 94.9 cm³/mol. The normalized spacial score (nSPS) is 20.0. The fourth-order valence-corrected chi connectivity index (χ4v) is 6.53. The van der Waals surface area contributed by atoms with Crippen LogP contribution in [0.1, 0.15) is 22.6 Å². The van der Waals surface area contributed by atoms with Gasteiger partial charge < -0.3 is 9.74 Å². The van der Waals surface area contributed by atoms with Crippen molar-refractivity contribution in [3.63, 3.8) is 0 Å². The molecule has 1 aliphatic rings. The molecular formula is C16H23NOS2Si. The molecule has 1 aliphatic heterocycles. The monoisotopic (exact) mass is 337 g/mol. The van der Waals surface area contributed by atoms with Crippen molar-refractivity contribution in [2.75, 3.05) is 6.54 Å². The molecular weight excluding hydrogens is 314 g/mol. The molecule has 3 rings (SSSR count). The fourth-order valence-electron chi connectivity index (χ4n) is 3.13. The van der Waals surface area contributed by atoms with Gasteiger partial charge in [-0.1, -0.05) is 12.1 Å². The SMILES string of the molecule is C[Si](C)(C)OC(c1cccs1)(c1cccs1)[C@@H]1CCCN1. The lowest BCUT2D eigenvalue weighted by molar-refractivity contribution is 0.0712. The summed E-state index contributed by atoms with van der Waals surface area (Å²) in [5, 5.41) is 8.04. The average Bonchev–Trinajstić information content (AvgIpc) is 3.15. The highest BCUT2D eigenvalue weighted by Crippen LogP contribution is 2.45. The van der Waals surface area contributed by atoms with Crippen LogP contribution in [0.2, 0.25) is 19.6 Å². The number of thiophene rings is 2. The lowest BCUT2D eigenvalue weighted by Gasteiger charge is -2.42. The van der Waals surface area contributed by atoms with Gasteiger partial charge >= 0.3 is 0 Å². The maximum absolute atomic E-state index is 6.90. The largest absolute Gasteiger partial charge is 0.401 e. The van der Waals surface area contributed by atoms with E-state index in [1.807, 2.05) is 22.7 Å². The van der Waals surface area contributed by atoms with Gasteiger partial charge in [0.25, 0.3) is 0 Å². The molecule has 0 bridgehead atoms. The van der Waals surface area contributed by atoms with Crippen molar-refractivity contribution in [2.45, 2.75) is 44.1 Å². The van der Waals surface area contributed by atoms with Crippen molar-refractivity contribution in [2.24, 2.45) is 0 Å². The molecule has 3 heterocycles. The molecule has 1 N–H and O–H groups in total. The number of hydrogen-bond donors (Lipinski definition) is 1. The topological polar surface area (TPSA) is 21.3 Å². The summed E-state index contributed by atoms with van der Waals surface area (Å²) in [4.78, 5) is 2.68. The number of nitrogens with one attached hydrogen (secondary N) is 1. The molecule has 0 saturated carbocycles. The second kappa shape index (κ2) is 5.97. The Morgan fingerprint density at radius 3 is 2.14 bits per heavy atom. The Morgan fingerprint density at radius 1 is 1.14 bits per heavy atom. The van der Waals surface area contributed by atoms with Crippen molar-refractivity contribution in [3.8, 4) is 0 Å². The third-order valence-corrected chi connectivity index (χ3v) is 6.70. The first-order chi connectivity index (χ1) is 10.0. The minimum absolute atomic E-state index is 0.302. The first-order valence-electron chi connectivity index (χ1n) is 7.54. The van der Waals surface area contributed by atoms with E-state index in [-0.39, 0.29) is 5.60 Å². The highest BCUT2D eigenvalue weighted by Gasteiger charge is 2.48. The van der Waals surface area contributed by atoms with E-state index in [9.17, 15) is 0 Å². The van der Waals surface area contributed by atoms with E-state index in [4.69, 9.17) is 4.43 Å². The van der Waals surface area contributed by atoms with Crippen LogP contribution in [-0.2, 0) is 10.0 Å². The summed E-state index contributed by atoms with van der Waals surface area (Å²) in [6.07, 6.45) is 2.42. The molecule has 0 aliphatic carbocycles. The van der Waals surface area contributed by atoms with Gasteiger partial charge in [-0.05, 0) is 61.9 Å². The van der Waals surface area contributed by atoms with E-state index in [1.54, 1.807) is 0 Å². The molecule has 0 unspecified atom stereocenters. The van der Waals surface area contributed by atoms with E-state index in [2.05, 4.69) is 60.0 Å². The molecule has 1 fully saturated rings. The molecule has 1 atom stereocenters. The molecule has 2 nitrogen and oxygen atoms in total. The summed E-state index contributed by atoms with van der Waals surface area (Å²) >= 11 is 3.64. The smallest absolute Gasteiger partial charge is 0.185 e. The third-order valence-electron chi connectivity index (χ3n) is 3.79.